The van der Waals surface area contributed by atoms with E-state index in [1.165, 1.54) is 5.57 Å². The number of phenolic OH excluding ortho intramolecular Hbond substituents is 1. The number of amides is 1. The van der Waals surface area contributed by atoms with Crippen molar-refractivity contribution in [2.45, 2.75) is 12.8 Å². The van der Waals surface area contributed by atoms with Crippen LogP contribution in [0.2, 0.25) is 0 Å². The van der Waals surface area contributed by atoms with E-state index in [0.717, 1.165) is 42.8 Å². The highest BCUT2D eigenvalue weighted by molar-refractivity contribution is 5.78. The smallest absolute Gasteiger partial charge is 0.234 e. The zero-order valence-corrected chi connectivity index (χ0v) is 15.6. The van der Waals surface area contributed by atoms with Crippen molar-refractivity contribution in [2.75, 3.05) is 33.3 Å². The summed E-state index contributed by atoms with van der Waals surface area (Å²) in [6, 6.07) is 15.1. The molecule has 142 valence electrons. The first kappa shape index (κ1) is 19.0. The molecule has 2 aromatic carbocycles. The number of methoxy groups -OCH3 is 1. The quantitative estimate of drug-likeness (QED) is 0.791. The number of benzene rings is 2. The number of hydrogen-bond donors (Lipinski definition) is 2. The molecule has 0 saturated carbocycles. The Morgan fingerprint density at radius 3 is 2.67 bits per heavy atom. The van der Waals surface area contributed by atoms with Crippen molar-refractivity contribution in [3.8, 4) is 11.5 Å². The maximum absolute atomic E-state index is 12.2. The van der Waals surface area contributed by atoms with Gasteiger partial charge in [0.2, 0.25) is 5.91 Å². The molecule has 1 aliphatic heterocycles. The highest BCUT2D eigenvalue weighted by Gasteiger charge is 2.15. The zero-order chi connectivity index (χ0) is 19.1. The SMILES string of the molecule is COc1ccccc1CCNC(=O)CN1CC=C(c2ccc(O)cc2)CC1. The molecule has 0 unspecified atom stereocenters. The number of nitrogens with zero attached hydrogens (tertiary/aromatic N) is 1. The van der Waals surface area contributed by atoms with E-state index in [2.05, 4.69) is 16.3 Å². The topological polar surface area (TPSA) is 61.8 Å². The minimum Gasteiger partial charge on any atom is -0.508 e. The molecular formula is C22H26N2O3. The summed E-state index contributed by atoms with van der Waals surface area (Å²) >= 11 is 0. The van der Waals surface area contributed by atoms with Crippen LogP contribution in [0.15, 0.2) is 54.6 Å². The average Bonchev–Trinajstić information content (AvgIpc) is 2.69. The molecule has 0 atom stereocenters. The van der Waals surface area contributed by atoms with Crippen LogP contribution in [0.1, 0.15) is 17.5 Å². The summed E-state index contributed by atoms with van der Waals surface area (Å²) in [6.07, 6.45) is 3.82. The molecule has 3 rings (SSSR count). The second kappa shape index (κ2) is 9.24. The summed E-state index contributed by atoms with van der Waals surface area (Å²) in [6.45, 7) is 2.62. The molecule has 0 radical (unpaired) electrons. The van der Waals surface area contributed by atoms with Gasteiger partial charge in [0.25, 0.3) is 0 Å². The standard InChI is InChI=1S/C22H26N2O3/c1-27-21-5-3-2-4-19(21)10-13-23-22(26)16-24-14-11-18(12-15-24)17-6-8-20(25)9-7-17/h2-9,11,25H,10,12-16H2,1H3,(H,23,26). The van der Waals surface area contributed by atoms with Gasteiger partial charge >= 0.3 is 0 Å². The molecule has 0 aromatic heterocycles. The summed E-state index contributed by atoms with van der Waals surface area (Å²) in [5, 5.41) is 12.4. The van der Waals surface area contributed by atoms with Gasteiger partial charge in [0.1, 0.15) is 11.5 Å². The first-order valence-electron chi connectivity index (χ1n) is 9.25. The highest BCUT2D eigenvalue weighted by Crippen LogP contribution is 2.23. The molecule has 1 amide bonds. The molecule has 5 heteroatoms. The second-order valence-electron chi connectivity index (χ2n) is 6.67. The average molecular weight is 366 g/mol. The molecule has 2 aromatic rings. The molecule has 0 spiro atoms. The Morgan fingerprint density at radius 2 is 1.96 bits per heavy atom. The molecule has 0 fully saturated rings. The van der Waals surface area contributed by atoms with Gasteiger partial charge in [-0.25, -0.2) is 0 Å². The fraction of sp³-hybridized carbons (Fsp3) is 0.318. The molecule has 2 N–H and O–H groups in total. The lowest BCUT2D eigenvalue weighted by Crippen LogP contribution is -2.39. The van der Waals surface area contributed by atoms with Crippen LogP contribution in [0.4, 0.5) is 0 Å². The van der Waals surface area contributed by atoms with Crippen molar-refractivity contribution in [1.82, 2.24) is 10.2 Å². The number of rotatable bonds is 7. The van der Waals surface area contributed by atoms with Crippen molar-refractivity contribution >= 4 is 11.5 Å². The largest absolute Gasteiger partial charge is 0.508 e. The summed E-state index contributed by atoms with van der Waals surface area (Å²) < 4.78 is 5.34. The Labute approximate surface area is 160 Å². The molecular weight excluding hydrogens is 340 g/mol. The van der Waals surface area contributed by atoms with Crippen molar-refractivity contribution in [1.29, 1.82) is 0 Å². The molecule has 0 bridgehead atoms. The Balaban J connectivity index is 1.43. The van der Waals surface area contributed by atoms with Gasteiger partial charge in [0, 0.05) is 19.6 Å². The van der Waals surface area contributed by atoms with Crippen LogP contribution in [0, 0.1) is 0 Å². The fourth-order valence-corrected chi connectivity index (χ4v) is 3.30. The van der Waals surface area contributed by atoms with Crippen LogP contribution in [-0.4, -0.2) is 49.2 Å². The number of hydrogen-bond acceptors (Lipinski definition) is 4. The van der Waals surface area contributed by atoms with E-state index in [1.807, 2.05) is 36.4 Å². The maximum atomic E-state index is 12.2. The Morgan fingerprint density at radius 1 is 1.19 bits per heavy atom. The van der Waals surface area contributed by atoms with Gasteiger partial charge in [-0.05, 0) is 47.7 Å². The first-order chi connectivity index (χ1) is 13.2. The minimum atomic E-state index is 0.0476. The van der Waals surface area contributed by atoms with Crippen molar-refractivity contribution in [3.05, 3.63) is 65.7 Å². The predicted molar refractivity (Wildman–Crippen MR) is 107 cm³/mol. The van der Waals surface area contributed by atoms with Crippen molar-refractivity contribution in [3.63, 3.8) is 0 Å². The van der Waals surface area contributed by atoms with E-state index in [-0.39, 0.29) is 11.7 Å². The summed E-state index contributed by atoms with van der Waals surface area (Å²) in [4.78, 5) is 14.4. The molecule has 27 heavy (non-hydrogen) atoms. The molecule has 1 aliphatic rings. The Bertz CT molecular complexity index is 799. The number of aromatic hydroxyl groups is 1. The highest BCUT2D eigenvalue weighted by atomic mass is 16.5. The third-order valence-electron chi connectivity index (χ3n) is 4.81. The number of ether oxygens (including phenoxy) is 1. The fourth-order valence-electron chi connectivity index (χ4n) is 3.30. The van der Waals surface area contributed by atoms with E-state index < -0.39 is 0 Å². The Kier molecular flexibility index (Phi) is 6.49. The third-order valence-corrected chi connectivity index (χ3v) is 4.81. The molecule has 0 aliphatic carbocycles. The number of carbonyl (C=O) groups is 1. The predicted octanol–water partition coefficient (Wildman–Crippen LogP) is 2.85. The van der Waals surface area contributed by atoms with Gasteiger partial charge in [-0.2, -0.15) is 0 Å². The van der Waals surface area contributed by atoms with Crippen LogP contribution in [0.3, 0.4) is 0 Å². The van der Waals surface area contributed by atoms with Crippen LogP contribution in [0.5, 0.6) is 11.5 Å². The summed E-state index contributed by atoms with van der Waals surface area (Å²) in [7, 11) is 1.66. The van der Waals surface area contributed by atoms with Gasteiger partial charge in [-0.3, -0.25) is 9.69 Å². The number of nitrogens with one attached hydrogen (secondary N) is 1. The lowest BCUT2D eigenvalue weighted by molar-refractivity contribution is -0.122. The third kappa shape index (κ3) is 5.34. The van der Waals surface area contributed by atoms with Crippen molar-refractivity contribution < 1.29 is 14.6 Å². The second-order valence-corrected chi connectivity index (χ2v) is 6.67. The first-order valence-corrected chi connectivity index (χ1v) is 9.25. The van der Waals surface area contributed by atoms with E-state index in [4.69, 9.17) is 4.74 Å². The van der Waals surface area contributed by atoms with E-state index in [1.54, 1.807) is 19.2 Å². The van der Waals surface area contributed by atoms with E-state index in [0.29, 0.717) is 13.1 Å². The molecule has 1 heterocycles. The van der Waals surface area contributed by atoms with Crippen molar-refractivity contribution in [2.24, 2.45) is 0 Å². The maximum Gasteiger partial charge on any atom is 0.234 e. The van der Waals surface area contributed by atoms with Crippen LogP contribution < -0.4 is 10.1 Å². The minimum absolute atomic E-state index is 0.0476. The van der Waals surface area contributed by atoms with Gasteiger partial charge in [0.05, 0.1) is 13.7 Å². The van der Waals surface area contributed by atoms with Gasteiger partial charge in [-0.15, -0.1) is 0 Å². The lowest BCUT2D eigenvalue weighted by Gasteiger charge is -2.26. The zero-order valence-electron chi connectivity index (χ0n) is 15.6. The Hall–Kier alpha value is -2.79. The van der Waals surface area contributed by atoms with Gasteiger partial charge in [-0.1, -0.05) is 36.4 Å². The normalized spacial score (nSPS) is 14.5. The van der Waals surface area contributed by atoms with E-state index in [9.17, 15) is 9.90 Å². The summed E-state index contributed by atoms with van der Waals surface area (Å²) in [5.74, 6) is 1.18. The lowest BCUT2D eigenvalue weighted by atomic mass is 9.99. The molecule has 0 saturated heterocycles. The monoisotopic (exact) mass is 366 g/mol. The number of para-hydroxylation sites is 1. The van der Waals surface area contributed by atoms with Gasteiger partial charge in [0.15, 0.2) is 0 Å². The van der Waals surface area contributed by atoms with E-state index >= 15 is 0 Å². The van der Waals surface area contributed by atoms with Crippen LogP contribution >= 0.6 is 0 Å². The van der Waals surface area contributed by atoms with Crippen LogP contribution in [0.25, 0.3) is 5.57 Å². The summed E-state index contributed by atoms with van der Waals surface area (Å²) in [5.41, 5.74) is 3.50. The number of carbonyl (C=O) groups excluding carboxylic acids is 1. The van der Waals surface area contributed by atoms with Gasteiger partial charge < -0.3 is 15.2 Å². The molecule has 5 nitrogen and oxygen atoms in total. The van der Waals surface area contributed by atoms with Crippen LogP contribution in [-0.2, 0) is 11.2 Å². The number of phenols is 1.